The van der Waals surface area contributed by atoms with E-state index in [0.29, 0.717) is 25.0 Å². The Morgan fingerprint density at radius 3 is 1.75 bits per heavy atom. The third-order valence-electron chi connectivity index (χ3n) is 1.72. The van der Waals surface area contributed by atoms with E-state index in [0.717, 1.165) is 19.4 Å². The first-order valence-corrected chi connectivity index (χ1v) is 7.34. The zero-order valence-electron chi connectivity index (χ0n) is 11.4. The first kappa shape index (κ1) is 16.3. The Morgan fingerprint density at radius 1 is 0.875 bits per heavy atom. The topological polar surface area (TPSA) is 27.7 Å². The number of hydrogen-bond acceptors (Lipinski definition) is 3. The SMILES string of the molecule is CCCCOP(OCC(C)C)OCC(C)C. The molecule has 0 rings (SSSR count). The van der Waals surface area contributed by atoms with Crippen molar-refractivity contribution in [2.75, 3.05) is 19.8 Å². The van der Waals surface area contributed by atoms with Gasteiger partial charge in [0.25, 0.3) is 0 Å². The molecule has 0 amide bonds. The zero-order valence-corrected chi connectivity index (χ0v) is 12.3. The quantitative estimate of drug-likeness (QED) is 0.425. The zero-order chi connectivity index (χ0) is 12.4. The minimum Gasteiger partial charge on any atom is -0.312 e. The van der Waals surface area contributed by atoms with Gasteiger partial charge in [0.2, 0.25) is 0 Å². The van der Waals surface area contributed by atoms with Crippen LogP contribution in [0.2, 0.25) is 0 Å². The Balaban J connectivity index is 3.76. The molecule has 16 heavy (non-hydrogen) atoms. The van der Waals surface area contributed by atoms with Crippen LogP contribution in [0.3, 0.4) is 0 Å². The van der Waals surface area contributed by atoms with Crippen LogP contribution in [0.4, 0.5) is 0 Å². The van der Waals surface area contributed by atoms with Crippen molar-refractivity contribution in [1.29, 1.82) is 0 Å². The molecule has 98 valence electrons. The number of unbranched alkanes of at least 4 members (excludes halogenated alkanes) is 1. The lowest BCUT2D eigenvalue weighted by molar-refractivity contribution is 0.137. The smallest absolute Gasteiger partial charge is 0.312 e. The average molecular weight is 250 g/mol. The van der Waals surface area contributed by atoms with Crippen LogP contribution < -0.4 is 0 Å². The van der Waals surface area contributed by atoms with E-state index in [2.05, 4.69) is 34.6 Å². The molecule has 0 fully saturated rings. The molecule has 0 spiro atoms. The fourth-order valence-corrected chi connectivity index (χ4v) is 2.16. The summed E-state index contributed by atoms with van der Waals surface area (Å²) >= 11 is 0. The maximum atomic E-state index is 5.62. The molecule has 0 bridgehead atoms. The molecule has 0 aliphatic carbocycles. The molecule has 0 atom stereocenters. The second-order valence-corrected chi connectivity index (χ2v) is 6.01. The summed E-state index contributed by atoms with van der Waals surface area (Å²) in [5, 5.41) is 0. The van der Waals surface area contributed by atoms with Crippen LogP contribution in [0, 0.1) is 11.8 Å². The van der Waals surface area contributed by atoms with E-state index in [4.69, 9.17) is 13.6 Å². The van der Waals surface area contributed by atoms with Crippen molar-refractivity contribution in [3.8, 4) is 0 Å². The summed E-state index contributed by atoms with van der Waals surface area (Å²) < 4.78 is 16.8. The van der Waals surface area contributed by atoms with Gasteiger partial charge in [0.05, 0.1) is 19.8 Å². The Bertz CT molecular complexity index is 139. The van der Waals surface area contributed by atoms with Crippen molar-refractivity contribution in [2.45, 2.75) is 47.5 Å². The maximum absolute atomic E-state index is 5.62. The Morgan fingerprint density at radius 2 is 1.38 bits per heavy atom. The van der Waals surface area contributed by atoms with Gasteiger partial charge in [-0.1, -0.05) is 41.0 Å². The van der Waals surface area contributed by atoms with Crippen LogP contribution in [0.5, 0.6) is 0 Å². The highest BCUT2D eigenvalue weighted by Gasteiger charge is 2.13. The summed E-state index contributed by atoms with van der Waals surface area (Å²) in [6.45, 7) is 12.8. The fourth-order valence-electron chi connectivity index (χ4n) is 0.815. The predicted octanol–water partition coefficient (Wildman–Crippen LogP) is 4.38. The molecule has 0 aliphatic rings. The van der Waals surface area contributed by atoms with Crippen molar-refractivity contribution >= 4 is 8.60 Å². The highest BCUT2D eigenvalue weighted by molar-refractivity contribution is 7.41. The Labute approximate surface area is 102 Å². The third-order valence-corrected chi connectivity index (χ3v) is 2.83. The Kier molecular flexibility index (Phi) is 10.7. The van der Waals surface area contributed by atoms with Gasteiger partial charge in [-0.3, -0.25) is 0 Å². The van der Waals surface area contributed by atoms with E-state index in [1.54, 1.807) is 0 Å². The van der Waals surface area contributed by atoms with Crippen molar-refractivity contribution in [1.82, 2.24) is 0 Å². The minimum atomic E-state index is -1.14. The van der Waals surface area contributed by atoms with Crippen molar-refractivity contribution in [3.05, 3.63) is 0 Å². The normalized spacial score (nSPS) is 12.0. The van der Waals surface area contributed by atoms with Gasteiger partial charge in [-0.05, 0) is 18.3 Å². The molecule has 0 unspecified atom stereocenters. The summed E-state index contributed by atoms with van der Waals surface area (Å²) in [7, 11) is -1.14. The van der Waals surface area contributed by atoms with Gasteiger partial charge in [-0.25, -0.2) is 0 Å². The van der Waals surface area contributed by atoms with E-state index in [9.17, 15) is 0 Å². The maximum Gasteiger partial charge on any atom is 0.332 e. The highest BCUT2D eigenvalue weighted by Crippen LogP contribution is 2.40. The van der Waals surface area contributed by atoms with Gasteiger partial charge in [0.15, 0.2) is 0 Å². The summed E-state index contributed by atoms with van der Waals surface area (Å²) in [6.07, 6.45) is 2.20. The minimum absolute atomic E-state index is 0.516. The molecule has 4 heteroatoms. The first-order valence-electron chi connectivity index (χ1n) is 6.25. The largest absolute Gasteiger partial charge is 0.332 e. The molecule has 0 radical (unpaired) electrons. The summed E-state index contributed by atoms with van der Waals surface area (Å²) in [4.78, 5) is 0. The molecule has 3 nitrogen and oxygen atoms in total. The monoisotopic (exact) mass is 250 g/mol. The predicted molar refractivity (Wildman–Crippen MR) is 69.4 cm³/mol. The first-order chi connectivity index (χ1) is 7.56. The lowest BCUT2D eigenvalue weighted by Gasteiger charge is -2.18. The van der Waals surface area contributed by atoms with E-state index in [-0.39, 0.29) is 0 Å². The summed E-state index contributed by atoms with van der Waals surface area (Å²) in [5.74, 6) is 1.03. The van der Waals surface area contributed by atoms with Gasteiger partial charge >= 0.3 is 8.60 Å². The van der Waals surface area contributed by atoms with Gasteiger partial charge in [-0.2, -0.15) is 0 Å². The lowest BCUT2D eigenvalue weighted by Crippen LogP contribution is -2.05. The number of rotatable bonds is 10. The second kappa shape index (κ2) is 10.5. The second-order valence-electron chi connectivity index (χ2n) is 4.79. The Hall–Kier alpha value is 0.310. The molecule has 0 aromatic heterocycles. The standard InChI is InChI=1S/C12H27O3P/c1-6-7-8-13-16(14-9-11(2)3)15-10-12(4)5/h11-12H,6-10H2,1-5H3. The van der Waals surface area contributed by atoms with Crippen molar-refractivity contribution < 1.29 is 13.6 Å². The van der Waals surface area contributed by atoms with Crippen LogP contribution in [-0.4, -0.2) is 19.8 Å². The summed E-state index contributed by atoms with van der Waals surface area (Å²) in [5.41, 5.74) is 0. The van der Waals surface area contributed by atoms with Crippen LogP contribution in [-0.2, 0) is 13.6 Å². The van der Waals surface area contributed by atoms with E-state index < -0.39 is 8.60 Å². The highest BCUT2D eigenvalue weighted by atomic mass is 31.2. The lowest BCUT2D eigenvalue weighted by atomic mass is 10.2. The van der Waals surface area contributed by atoms with E-state index >= 15 is 0 Å². The molecule has 0 heterocycles. The third kappa shape index (κ3) is 10.8. The van der Waals surface area contributed by atoms with E-state index in [1.807, 2.05) is 0 Å². The average Bonchev–Trinajstić information content (AvgIpc) is 2.21. The van der Waals surface area contributed by atoms with Gasteiger partial charge in [0.1, 0.15) is 0 Å². The van der Waals surface area contributed by atoms with Gasteiger partial charge < -0.3 is 13.6 Å². The fraction of sp³-hybridized carbons (Fsp3) is 1.00. The van der Waals surface area contributed by atoms with Crippen LogP contribution in [0.15, 0.2) is 0 Å². The molecule has 0 aliphatic heterocycles. The molecular formula is C12H27O3P. The van der Waals surface area contributed by atoms with Crippen LogP contribution in [0.1, 0.15) is 47.5 Å². The van der Waals surface area contributed by atoms with Crippen LogP contribution in [0.25, 0.3) is 0 Å². The summed E-state index contributed by atoms with van der Waals surface area (Å²) in [6, 6.07) is 0. The van der Waals surface area contributed by atoms with Crippen LogP contribution >= 0.6 is 8.60 Å². The molecule has 0 aromatic carbocycles. The van der Waals surface area contributed by atoms with Gasteiger partial charge in [-0.15, -0.1) is 0 Å². The molecule has 0 saturated heterocycles. The molecule has 0 saturated carbocycles. The van der Waals surface area contributed by atoms with Crippen molar-refractivity contribution in [2.24, 2.45) is 11.8 Å². The molecule has 0 aromatic rings. The van der Waals surface area contributed by atoms with Gasteiger partial charge in [0, 0.05) is 0 Å². The van der Waals surface area contributed by atoms with Crippen molar-refractivity contribution in [3.63, 3.8) is 0 Å². The molecular weight excluding hydrogens is 223 g/mol. The number of hydrogen-bond donors (Lipinski definition) is 0. The van der Waals surface area contributed by atoms with E-state index in [1.165, 1.54) is 0 Å². The molecule has 0 N–H and O–H groups in total.